The van der Waals surface area contributed by atoms with Gasteiger partial charge in [0.1, 0.15) is 5.78 Å². The number of hydrogen-bond acceptors (Lipinski definition) is 1. The van der Waals surface area contributed by atoms with Crippen molar-refractivity contribution in [3.63, 3.8) is 0 Å². The molecule has 0 aliphatic carbocycles. The Morgan fingerprint density at radius 3 is 1.95 bits per heavy atom. The Morgan fingerprint density at radius 2 is 1.35 bits per heavy atom. The number of unbranched alkanes of at least 4 members (excludes halogenated alkanes) is 8. The van der Waals surface area contributed by atoms with Gasteiger partial charge in [-0.15, -0.1) is 0 Å². The van der Waals surface area contributed by atoms with E-state index in [1.807, 2.05) is 0 Å². The van der Waals surface area contributed by atoms with Crippen molar-refractivity contribution in [2.75, 3.05) is 0 Å². The third-order valence-electron chi connectivity index (χ3n) is 3.37. The molecular weight excluding hydrogens is 244 g/mol. The molecule has 0 saturated carbocycles. The van der Waals surface area contributed by atoms with E-state index in [-0.39, 0.29) is 5.78 Å². The highest BCUT2D eigenvalue weighted by atomic mass is 16.1. The van der Waals surface area contributed by atoms with Crippen LogP contribution in [0.5, 0.6) is 0 Å². The number of Topliss-reactive ketones (excluding diaryl/α,β-unsaturated/α-hetero) is 1. The van der Waals surface area contributed by atoms with Gasteiger partial charge in [-0.1, -0.05) is 63.3 Å². The minimum atomic E-state index is -0.171. The number of carbonyl (C=O) groups is 1. The summed E-state index contributed by atoms with van der Waals surface area (Å²) < 4.78 is 0. The molecule has 0 unspecified atom stereocenters. The first-order valence-corrected chi connectivity index (χ1v) is 8.35. The Kier molecular flexibility index (Phi) is 15.5. The summed E-state index contributed by atoms with van der Waals surface area (Å²) in [6, 6.07) is 0. The fraction of sp³-hybridized carbons (Fsp3) is 0.684. The molecule has 20 heavy (non-hydrogen) atoms. The maximum absolute atomic E-state index is 10.5. The van der Waals surface area contributed by atoms with Crippen LogP contribution in [0.25, 0.3) is 0 Å². The molecule has 0 amide bonds. The highest BCUT2D eigenvalue weighted by Gasteiger charge is 1.93. The predicted molar refractivity (Wildman–Crippen MR) is 88.7 cm³/mol. The van der Waals surface area contributed by atoms with E-state index in [1.165, 1.54) is 51.4 Å². The van der Waals surface area contributed by atoms with Crippen LogP contribution in [-0.2, 0) is 4.79 Å². The van der Waals surface area contributed by atoms with Crippen LogP contribution >= 0.6 is 0 Å². The molecular formula is C19H32O. The monoisotopic (exact) mass is 276 g/mol. The summed E-state index contributed by atoms with van der Waals surface area (Å²) in [7, 11) is 0. The van der Waals surface area contributed by atoms with Gasteiger partial charge in [-0.05, 0) is 38.5 Å². The molecule has 0 aromatic rings. The molecule has 0 atom stereocenters. The molecule has 0 aromatic heterocycles. The zero-order valence-corrected chi connectivity index (χ0v) is 13.3. The van der Waals surface area contributed by atoms with Crippen molar-refractivity contribution in [2.45, 2.75) is 84.0 Å². The van der Waals surface area contributed by atoms with Gasteiger partial charge in [0, 0.05) is 13.3 Å². The molecule has 0 fully saturated rings. The van der Waals surface area contributed by atoms with Crippen LogP contribution in [0.3, 0.4) is 0 Å². The fourth-order valence-corrected chi connectivity index (χ4v) is 2.11. The molecule has 0 rings (SSSR count). The van der Waals surface area contributed by atoms with Crippen molar-refractivity contribution in [2.24, 2.45) is 0 Å². The smallest absolute Gasteiger partial charge is 0.137 e. The summed E-state index contributed by atoms with van der Waals surface area (Å²) in [5, 5.41) is 0. The van der Waals surface area contributed by atoms with Crippen LogP contribution in [0.15, 0.2) is 24.3 Å². The van der Waals surface area contributed by atoms with E-state index in [9.17, 15) is 4.79 Å². The second kappa shape index (κ2) is 16.2. The van der Waals surface area contributed by atoms with Crippen molar-refractivity contribution in [1.29, 1.82) is 0 Å². The van der Waals surface area contributed by atoms with Crippen molar-refractivity contribution in [3.8, 4) is 0 Å². The Morgan fingerprint density at radius 1 is 0.800 bits per heavy atom. The van der Waals surface area contributed by atoms with E-state index in [1.54, 1.807) is 0 Å². The first-order valence-electron chi connectivity index (χ1n) is 8.35. The highest BCUT2D eigenvalue weighted by Crippen LogP contribution is 2.08. The van der Waals surface area contributed by atoms with Crippen molar-refractivity contribution < 1.29 is 4.79 Å². The first-order chi connectivity index (χ1) is 9.77. The van der Waals surface area contributed by atoms with Crippen LogP contribution in [0.1, 0.15) is 84.0 Å². The SMILES string of the molecule is [CH]C(=O)CCCCCCC/C=C\C/C=C\CCCCC. The van der Waals surface area contributed by atoms with E-state index in [0.717, 1.165) is 19.3 Å². The van der Waals surface area contributed by atoms with E-state index in [0.29, 0.717) is 6.42 Å². The number of rotatable bonds is 14. The number of allylic oxidation sites excluding steroid dienone is 4. The molecule has 1 heteroatoms. The molecule has 0 spiro atoms. The van der Waals surface area contributed by atoms with Crippen molar-refractivity contribution in [3.05, 3.63) is 31.2 Å². The average molecular weight is 276 g/mol. The molecule has 0 aliphatic rings. The van der Waals surface area contributed by atoms with Gasteiger partial charge in [-0.25, -0.2) is 0 Å². The van der Waals surface area contributed by atoms with Gasteiger partial charge < -0.3 is 0 Å². The molecule has 0 N–H and O–H groups in total. The van der Waals surface area contributed by atoms with Gasteiger partial charge in [0.2, 0.25) is 0 Å². The molecule has 0 aromatic carbocycles. The summed E-state index contributed by atoms with van der Waals surface area (Å²) in [5.74, 6) is -0.171. The number of ketones is 1. The lowest BCUT2D eigenvalue weighted by atomic mass is 10.1. The van der Waals surface area contributed by atoms with E-state index < -0.39 is 0 Å². The van der Waals surface area contributed by atoms with Crippen LogP contribution in [-0.4, -0.2) is 5.78 Å². The Bertz CT molecular complexity index is 263. The summed E-state index contributed by atoms with van der Waals surface area (Å²) in [5.41, 5.74) is 0. The maximum Gasteiger partial charge on any atom is 0.137 e. The lowest BCUT2D eigenvalue weighted by Crippen LogP contribution is -1.89. The Labute approximate surface area is 126 Å². The quantitative estimate of drug-likeness (QED) is 0.277. The highest BCUT2D eigenvalue weighted by molar-refractivity contribution is 5.82. The standard InChI is InChI=1S/C19H32O/c1-3-4-5-6-7-8-9-10-11-12-13-14-15-16-17-18-19(2)20/h2,7-8,10-11H,3-6,9,12-18H2,1H3/b8-7-,11-10-. The number of hydrogen-bond donors (Lipinski definition) is 0. The minimum absolute atomic E-state index is 0.171. The topological polar surface area (TPSA) is 17.1 Å². The summed E-state index contributed by atoms with van der Waals surface area (Å²) in [6.45, 7) is 7.33. The first kappa shape index (κ1) is 19.1. The van der Waals surface area contributed by atoms with E-state index >= 15 is 0 Å². The van der Waals surface area contributed by atoms with Gasteiger partial charge in [0.05, 0.1) is 0 Å². The normalized spacial score (nSPS) is 11.7. The second-order valence-electron chi connectivity index (χ2n) is 5.45. The molecule has 0 bridgehead atoms. The van der Waals surface area contributed by atoms with Crippen molar-refractivity contribution >= 4 is 5.78 Å². The third-order valence-corrected chi connectivity index (χ3v) is 3.37. The second-order valence-corrected chi connectivity index (χ2v) is 5.45. The summed E-state index contributed by atoms with van der Waals surface area (Å²) in [6.07, 6.45) is 23.0. The Hall–Kier alpha value is -0.850. The molecule has 2 radical (unpaired) electrons. The molecule has 114 valence electrons. The average Bonchev–Trinajstić information content (AvgIpc) is 2.43. The number of carbonyl (C=O) groups excluding carboxylic acids is 1. The fourth-order valence-electron chi connectivity index (χ4n) is 2.11. The van der Waals surface area contributed by atoms with E-state index in [4.69, 9.17) is 6.92 Å². The summed E-state index contributed by atoms with van der Waals surface area (Å²) >= 11 is 0. The van der Waals surface area contributed by atoms with Gasteiger partial charge in [0.25, 0.3) is 0 Å². The zero-order valence-electron chi connectivity index (χ0n) is 13.3. The van der Waals surface area contributed by atoms with E-state index in [2.05, 4.69) is 31.2 Å². The molecule has 0 saturated heterocycles. The predicted octanol–water partition coefficient (Wildman–Crippen LogP) is 6.08. The molecule has 1 nitrogen and oxygen atoms in total. The minimum Gasteiger partial charge on any atom is -0.299 e. The summed E-state index contributed by atoms with van der Waals surface area (Å²) in [4.78, 5) is 10.5. The Balaban J connectivity index is 3.17. The third kappa shape index (κ3) is 17.2. The van der Waals surface area contributed by atoms with Crippen LogP contribution in [0, 0.1) is 6.92 Å². The lowest BCUT2D eigenvalue weighted by Gasteiger charge is -1.98. The lowest BCUT2D eigenvalue weighted by molar-refractivity contribution is -0.114. The van der Waals surface area contributed by atoms with Gasteiger partial charge >= 0.3 is 0 Å². The van der Waals surface area contributed by atoms with Crippen LogP contribution in [0.4, 0.5) is 0 Å². The zero-order chi connectivity index (χ0) is 14.9. The van der Waals surface area contributed by atoms with Crippen molar-refractivity contribution in [1.82, 2.24) is 0 Å². The van der Waals surface area contributed by atoms with Gasteiger partial charge in [-0.2, -0.15) is 0 Å². The largest absolute Gasteiger partial charge is 0.299 e. The van der Waals surface area contributed by atoms with Crippen LogP contribution < -0.4 is 0 Å². The molecule has 0 heterocycles. The van der Waals surface area contributed by atoms with Gasteiger partial charge in [-0.3, -0.25) is 4.79 Å². The van der Waals surface area contributed by atoms with Gasteiger partial charge in [0.15, 0.2) is 0 Å². The maximum atomic E-state index is 10.5. The molecule has 0 aliphatic heterocycles. The van der Waals surface area contributed by atoms with Crippen LogP contribution in [0.2, 0.25) is 0 Å².